The first-order valence-corrected chi connectivity index (χ1v) is 14.8. The molecule has 9 heteroatoms. The molecule has 0 bridgehead atoms. The number of piperidine rings is 1. The molecule has 0 spiro atoms. The molecule has 5 rings (SSSR count). The van der Waals surface area contributed by atoms with Crippen LogP contribution in [0.5, 0.6) is 0 Å². The summed E-state index contributed by atoms with van der Waals surface area (Å²) in [5.41, 5.74) is 5.11. The van der Waals surface area contributed by atoms with E-state index in [0.717, 1.165) is 67.2 Å². The monoisotopic (exact) mass is 574 g/mol. The number of carbonyl (C=O) groups excluding carboxylic acids is 2. The summed E-state index contributed by atoms with van der Waals surface area (Å²) >= 11 is 0. The summed E-state index contributed by atoms with van der Waals surface area (Å²) in [6.45, 7) is 13.0. The molecule has 2 unspecified atom stereocenters. The number of likely N-dealkylation sites (tertiary alicyclic amines) is 1. The van der Waals surface area contributed by atoms with Crippen molar-refractivity contribution >= 4 is 12.1 Å². The first kappa shape index (κ1) is 29.8. The highest BCUT2D eigenvalue weighted by molar-refractivity contribution is 5.88. The van der Waals surface area contributed by atoms with Crippen molar-refractivity contribution in [1.82, 2.24) is 19.9 Å². The highest BCUT2D eigenvalue weighted by Gasteiger charge is 2.46. The van der Waals surface area contributed by atoms with E-state index >= 15 is 0 Å². The van der Waals surface area contributed by atoms with Crippen LogP contribution in [0.15, 0.2) is 47.1 Å². The third kappa shape index (κ3) is 7.01. The number of hydrogen-bond donors (Lipinski definition) is 0. The van der Waals surface area contributed by atoms with Crippen LogP contribution in [0.4, 0.5) is 4.79 Å². The second kappa shape index (κ2) is 12.3. The largest absolute Gasteiger partial charge is 0.465 e. The third-order valence-electron chi connectivity index (χ3n) is 8.24. The topological polar surface area (TPSA) is 98.0 Å². The average molecular weight is 575 g/mol. The molecule has 42 heavy (non-hydrogen) atoms. The zero-order valence-electron chi connectivity index (χ0n) is 25.6. The molecule has 0 radical (unpaired) electrons. The van der Waals surface area contributed by atoms with E-state index in [9.17, 15) is 9.59 Å². The van der Waals surface area contributed by atoms with Crippen molar-refractivity contribution in [3.63, 3.8) is 0 Å². The molecule has 3 aromatic rings. The Morgan fingerprint density at radius 2 is 1.79 bits per heavy atom. The summed E-state index contributed by atoms with van der Waals surface area (Å²) in [5.74, 6) is 1.15. The Morgan fingerprint density at radius 1 is 1.07 bits per heavy atom. The number of rotatable bonds is 8. The summed E-state index contributed by atoms with van der Waals surface area (Å²) in [6.07, 6.45) is 4.30. The second-order valence-electron chi connectivity index (χ2n) is 12.6. The molecule has 0 N–H and O–H groups in total. The first-order chi connectivity index (χ1) is 20.0. The van der Waals surface area contributed by atoms with E-state index in [1.807, 2.05) is 45.6 Å². The van der Waals surface area contributed by atoms with Crippen molar-refractivity contribution in [3.05, 3.63) is 70.9 Å². The molecule has 2 aliphatic rings. The zero-order valence-corrected chi connectivity index (χ0v) is 25.6. The lowest BCUT2D eigenvalue weighted by Crippen LogP contribution is -2.44. The maximum Gasteiger partial charge on any atom is 0.410 e. The van der Waals surface area contributed by atoms with Crippen molar-refractivity contribution in [1.29, 1.82) is 0 Å². The van der Waals surface area contributed by atoms with Gasteiger partial charge in [-0.3, -0.25) is 9.88 Å². The van der Waals surface area contributed by atoms with Crippen LogP contribution in [-0.4, -0.2) is 70.4 Å². The molecule has 2 fully saturated rings. The molecule has 3 heterocycles. The zero-order chi connectivity index (χ0) is 30.0. The van der Waals surface area contributed by atoms with Gasteiger partial charge in [0.05, 0.1) is 24.1 Å². The number of aryl methyl sites for hydroxylation is 2. The number of ether oxygens (including phenoxy) is 2. The quantitative estimate of drug-likeness (QED) is 0.296. The van der Waals surface area contributed by atoms with E-state index in [4.69, 9.17) is 14.0 Å². The molecule has 1 aromatic carbocycles. The number of hydrogen-bond acceptors (Lipinski definition) is 8. The van der Waals surface area contributed by atoms with Gasteiger partial charge in [-0.15, -0.1) is 0 Å². The van der Waals surface area contributed by atoms with Crippen LogP contribution < -0.4 is 0 Å². The number of carbonyl (C=O) groups is 2. The SMILES string of the molecule is COC(=O)c1ccc(CN2CCC(CN(C(=O)OC(C)(C)C)C3CC3c3ccc(-c4c(C)noc4C)cc3)CC2)nc1. The van der Waals surface area contributed by atoms with Gasteiger partial charge in [0.1, 0.15) is 11.4 Å². The Balaban J connectivity index is 1.20. The van der Waals surface area contributed by atoms with Gasteiger partial charge in [0.2, 0.25) is 0 Å². The van der Waals surface area contributed by atoms with Crippen LogP contribution in [0.3, 0.4) is 0 Å². The molecule has 1 saturated carbocycles. The third-order valence-corrected chi connectivity index (χ3v) is 8.24. The van der Waals surface area contributed by atoms with Crippen molar-refractivity contribution in [2.45, 2.75) is 78.0 Å². The number of aromatic nitrogens is 2. The molecule has 2 atom stereocenters. The number of pyridine rings is 1. The Hall–Kier alpha value is -3.72. The van der Waals surface area contributed by atoms with E-state index in [1.54, 1.807) is 12.3 Å². The molecular formula is C33H42N4O5. The smallest absolute Gasteiger partial charge is 0.410 e. The Labute approximate surface area is 248 Å². The van der Waals surface area contributed by atoms with E-state index < -0.39 is 5.60 Å². The van der Waals surface area contributed by atoms with Crippen LogP contribution in [0.1, 0.15) is 79.0 Å². The second-order valence-corrected chi connectivity index (χ2v) is 12.6. The minimum absolute atomic E-state index is 0.139. The number of nitrogens with zero attached hydrogens (tertiary/aromatic N) is 4. The summed E-state index contributed by atoms with van der Waals surface area (Å²) < 4.78 is 16.0. The van der Waals surface area contributed by atoms with Gasteiger partial charge in [-0.1, -0.05) is 29.4 Å². The minimum atomic E-state index is -0.546. The standard InChI is InChI=1S/C33H42N4O5/c1-21-30(22(2)42-35-21)25-9-7-24(8-10-25)28-17-29(28)37(32(39)41-33(3,4)5)19-23-13-15-36(16-14-23)20-27-12-11-26(18-34-27)31(38)40-6/h7-12,18,23,28-29H,13-17,19-20H2,1-6H3. The fraction of sp³-hybridized carbons (Fsp3) is 0.515. The lowest BCUT2D eigenvalue weighted by molar-refractivity contribution is 0.0170. The Morgan fingerprint density at radius 3 is 2.36 bits per heavy atom. The highest BCUT2D eigenvalue weighted by atomic mass is 16.6. The van der Waals surface area contributed by atoms with Crippen LogP contribution in [0, 0.1) is 19.8 Å². The predicted molar refractivity (Wildman–Crippen MR) is 159 cm³/mol. The number of esters is 1. The van der Waals surface area contributed by atoms with Gasteiger partial charge < -0.3 is 18.9 Å². The fourth-order valence-electron chi connectivity index (χ4n) is 5.93. The van der Waals surface area contributed by atoms with E-state index in [0.29, 0.717) is 23.9 Å². The summed E-state index contributed by atoms with van der Waals surface area (Å²) in [4.78, 5) is 33.9. The van der Waals surface area contributed by atoms with Crippen molar-refractivity contribution in [3.8, 4) is 11.1 Å². The lowest BCUT2D eigenvalue weighted by atomic mass is 9.95. The Bertz CT molecular complexity index is 1370. The first-order valence-electron chi connectivity index (χ1n) is 14.8. The normalized spacial score (nSPS) is 19.4. The fourth-order valence-corrected chi connectivity index (χ4v) is 5.93. The molecule has 9 nitrogen and oxygen atoms in total. The van der Waals surface area contributed by atoms with E-state index in [1.165, 1.54) is 12.7 Å². The molecular weight excluding hydrogens is 532 g/mol. The highest BCUT2D eigenvalue weighted by Crippen LogP contribution is 2.46. The van der Waals surface area contributed by atoms with Gasteiger partial charge in [0.25, 0.3) is 0 Å². The van der Waals surface area contributed by atoms with Crippen LogP contribution in [0.2, 0.25) is 0 Å². The maximum absolute atomic E-state index is 13.4. The lowest BCUT2D eigenvalue weighted by Gasteiger charge is -2.35. The number of amides is 1. The number of benzene rings is 1. The Kier molecular flexibility index (Phi) is 8.68. The van der Waals surface area contributed by atoms with Crippen LogP contribution in [0.25, 0.3) is 11.1 Å². The number of methoxy groups -OCH3 is 1. The minimum Gasteiger partial charge on any atom is -0.465 e. The van der Waals surface area contributed by atoms with E-state index in [2.05, 4.69) is 39.3 Å². The van der Waals surface area contributed by atoms with Gasteiger partial charge in [-0.25, -0.2) is 9.59 Å². The van der Waals surface area contributed by atoms with Gasteiger partial charge in [-0.05, 0) is 96.1 Å². The predicted octanol–water partition coefficient (Wildman–Crippen LogP) is 6.15. The van der Waals surface area contributed by atoms with Gasteiger partial charge in [0, 0.05) is 36.8 Å². The molecule has 1 aliphatic carbocycles. The molecule has 1 saturated heterocycles. The molecule has 1 aliphatic heterocycles. The van der Waals surface area contributed by atoms with Crippen molar-refractivity contribution < 1.29 is 23.6 Å². The van der Waals surface area contributed by atoms with E-state index in [-0.39, 0.29) is 18.1 Å². The summed E-state index contributed by atoms with van der Waals surface area (Å²) in [5, 5.41) is 4.08. The maximum atomic E-state index is 13.4. The average Bonchev–Trinajstić information content (AvgIpc) is 3.68. The molecule has 224 valence electrons. The van der Waals surface area contributed by atoms with Crippen LogP contribution >= 0.6 is 0 Å². The van der Waals surface area contributed by atoms with Gasteiger partial charge >= 0.3 is 12.1 Å². The summed E-state index contributed by atoms with van der Waals surface area (Å²) in [7, 11) is 1.37. The van der Waals surface area contributed by atoms with Crippen molar-refractivity contribution in [2.75, 3.05) is 26.7 Å². The molecule has 1 amide bonds. The van der Waals surface area contributed by atoms with Crippen molar-refractivity contribution in [2.24, 2.45) is 5.92 Å². The van der Waals surface area contributed by atoms with Crippen LogP contribution in [-0.2, 0) is 16.0 Å². The van der Waals surface area contributed by atoms with Gasteiger partial charge in [-0.2, -0.15) is 0 Å². The molecule has 2 aromatic heterocycles. The van der Waals surface area contributed by atoms with Gasteiger partial charge in [0.15, 0.2) is 0 Å². The summed E-state index contributed by atoms with van der Waals surface area (Å²) in [6, 6.07) is 12.4.